The maximum absolute atomic E-state index is 11.9. The van der Waals surface area contributed by atoms with Crippen molar-refractivity contribution in [2.24, 2.45) is 0 Å². The summed E-state index contributed by atoms with van der Waals surface area (Å²) in [7, 11) is 0. The normalized spacial score (nSPS) is 9.90. The van der Waals surface area contributed by atoms with Gasteiger partial charge in [-0.25, -0.2) is 0 Å². The number of nitrogens with one attached hydrogen (secondary N) is 2. The van der Waals surface area contributed by atoms with Gasteiger partial charge >= 0.3 is 0 Å². The van der Waals surface area contributed by atoms with Crippen LogP contribution in [-0.2, 0) is 0 Å². The average Bonchev–Trinajstić information content (AvgIpc) is 2.44. The summed E-state index contributed by atoms with van der Waals surface area (Å²) in [6, 6.07) is 14.9. The van der Waals surface area contributed by atoms with Crippen molar-refractivity contribution in [2.75, 3.05) is 5.32 Å². The molecule has 2 aromatic rings. The molecule has 102 valence electrons. The lowest BCUT2D eigenvalue weighted by Gasteiger charge is -2.11. The first kappa shape index (κ1) is 14.2. The average molecular weight is 284 g/mol. The predicted molar refractivity (Wildman–Crippen MR) is 86.0 cm³/mol. The Kier molecular flexibility index (Phi) is 4.48. The number of benzene rings is 2. The maximum atomic E-state index is 11.9. The molecule has 4 heteroatoms. The van der Waals surface area contributed by atoms with Crippen LogP contribution in [0.25, 0.3) is 0 Å². The van der Waals surface area contributed by atoms with E-state index < -0.39 is 0 Å². The molecule has 2 N–H and O–H groups in total. The lowest BCUT2D eigenvalue weighted by molar-refractivity contribution is 0.0978. The number of hydrogen-bond donors (Lipinski definition) is 2. The lowest BCUT2D eigenvalue weighted by atomic mass is 10.1. The zero-order valence-corrected chi connectivity index (χ0v) is 12.3. The summed E-state index contributed by atoms with van der Waals surface area (Å²) in [4.78, 5) is 11.9. The molecule has 0 aliphatic rings. The van der Waals surface area contributed by atoms with Crippen molar-refractivity contribution in [1.29, 1.82) is 0 Å². The predicted octanol–water partition coefficient (Wildman–Crippen LogP) is 3.43. The van der Waals surface area contributed by atoms with Gasteiger partial charge in [-0.2, -0.15) is 0 Å². The van der Waals surface area contributed by atoms with Crippen molar-refractivity contribution >= 4 is 28.9 Å². The van der Waals surface area contributed by atoms with E-state index in [2.05, 4.69) is 17.6 Å². The fourth-order valence-corrected chi connectivity index (χ4v) is 1.96. The molecule has 0 aromatic heterocycles. The van der Waals surface area contributed by atoms with Crippen molar-refractivity contribution in [3.8, 4) is 0 Å². The molecule has 0 saturated heterocycles. The molecule has 20 heavy (non-hydrogen) atoms. The van der Waals surface area contributed by atoms with Gasteiger partial charge in [-0.05, 0) is 61.5 Å². The van der Waals surface area contributed by atoms with Gasteiger partial charge in [0.25, 0.3) is 5.91 Å². The van der Waals surface area contributed by atoms with E-state index >= 15 is 0 Å². The number of carbonyl (C=O) groups is 1. The highest BCUT2D eigenvalue weighted by molar-refractivity contribution is 7.80. The van der Waals surface area contributed by atoms with Gasteiger partial charge in [0.15, 0.2) is 5.11 Å². The molecule has 0 saturated carbocycles. The molecule has 0 aliphatic heterocycles. The number of thiocarbonyl (C=S) groups is 1. The smallest absolute Gasteiger partial charge is 0.257 e. The second-order valence-corrected chi connectivity index (χ2v) is 4.98. The molecular formula is C16H16N2OS. The van der Waals surface area contributed by atoms with Crippen LogP contribution in [0.1, 0.15) is 21.5 Å². The van der Waals surface area contributed by atoms with E-state index in [0.717, 1.165) is 5.69 Å². The minimum absolute atomic E-state index is 0.216. The molecule has 3 nitrogen and oxygen atoms in total. The molecule has 2 rings (SSSR count). The minimum atomic E-state index is -0.216. The fraction of sp³-hybridized carbons (Fsp3) is 0.125. The number of hydrogen-bond acceptors (Lipinski definition) is 2. The van der Waals surface area contributed by atoms with E-state index in [4.69, 9.17) is 12.2 Å². The SMILES string of the molecule is Cc1ccc(NC(=S)NC(=O)c2ccccc2)cc1C. The second kappa shape index (κ2) is 6.30. The van der Waals surface area contributed by atoms with E-state index in [9.17, 15) is 4.79 Å². The van der Waals surface area contributed by atoms with Gasteiger partial charge in [-0.1, -0.05) is 24.3 Å². The van der Waals surface area contributed by atoms with Gasteiger partial charge in [0.05, 0.1) is 0 Å². The van der Waals surface area contributed by atoms with Crippen molar-refractivity contribution in [3.05, 3.63) is 65.2 Å². The molecule has 0 heterocycles. The summed E-state index contributed by atoms with van der Waals surface area (Å²) >= 11 is 5.15. The standard InChI is InChI=1S/C16H16N2OS/c1-11-8-9-14(10-12(11)2)17-16(20)18-15(19)13-6-4-3-5-7-13/h3-10H,1-2H3,(H2,17,18,19,20). The first-order valence-corrected chi connectivity index (χ1v) is 6.72. The third kappa shape index (κ3) is 3.65. The molecule has 2 aromatic carbocycles. The largest absolute Gasteiger partial charge is 0.332 e. The van der Waals surface area contributed by atoms with Crippen LogP contribution in [0.2, 0.25) is 0 Å². The molecule has 0 bridgehead atoms. The first-order chi connectivity index (χ1) is 9.56. The van der Waals surface area contributed by atoms with Gasteiger partial charge in [0.2, 0.25) is 0 Å². The zero-order chi connectivity index (χ0) is 14.5. The fourth-order valence-electron chi connectivity index (χ4n) is 1.75. The van der Waals surface area contributed by atoms with Crippen molar-refractivity contribution in [3.63, 3.8) is 0 Å². The third-order valence-electron chi connectivity index (χ3n) is 3.03. The summed E-state index contributed by atoms with van der Waals surface area (Å²) in [6.07, 6.45) is 0. The monoisotopic (exact) mass is 284 g/mol. The first-order valence-electron chi connectivity index (χ1n) is 6.31. The number of carbonyl (C=O) groups excluding carboxylic acids is 1. The third-order valence-corrected chi connectivity index (χ3v) is 3.23. The minimum Gasteiger partial charge on any atom is -0.332 e. The quantitative estimate of drug-likeness (QED) is 0.830. The Morgan fingerprint density at radius 3 is 2.35 bits per heavy atom. The van der Waals surface area contributed by atoms with Crippen LogP contribution in [0.15, 0.2) is 48.5 Å². The summed E-state index contributed by atoms with van der Waals surface area (Å²) in [5.74, 6) is -0.216. The van der Waals surface area contributed by atoms with Crippen LogP contribution < -0.4 is 10.6 Å². The highest BCUT2D eigenvalue weighted by Crippen LogP contribution is 2.14. The maximum Gasteiger partial charge on any atom is 0.257 e. The Hall–Kier alpha value is -2.20. The molecule has 0 aliphatic carbocycles. The van der Waals surface area contributed by atoms with Crippen molar-refractivity contribution < 1.29 is 4.79 Å². The van der Waals surface area contributed by atoms with Gasteiger partial charge in [-0.3, -0.25) is 10.1 Å². The van der Waals surface area contributed by atoms with Crippen LogP contribution in [0.3, 0.4) is 0 Å². The molecule has 0 fully saturated rings. The number of anilines is 1. The van der Waals surface area contributed by atoms with Crippen LogP contribution in [0.5, 0.6) is 0 Å². The summed E-state index contributed by atoms with van der Waals surface area (Å²) in [6.45, 7) is 4.08. The van der Waals surface area contributed by atoms with Crippen molar-refractivity contribution in [1.82, 2.24) is 5.32 Å². The van der Waals surface area contributed by atoms with Crippen LogP contribution in [0, 0.1) is 13.8 Å². The van der Waals surface area contributed by atoms with Gasteiger partial charge in [-0.15, -0.1) is 0 Å². The number of aryl methyl sites for hydroxylation is 2. The van der Waals surface area contributed by atoms with E-state index in [-0.39, 0.29) is 5.91 Å². The van der Waals surface area contributed by atoms with E-state index in [1.54, 1.807) is 12.1 Å². The number of rotatable bonds is 2. The topological polar surface area (TPSA) is 41.1 Å². The Morgan fingerprint density at radius 2 is 1.70 bits per heavy atom. The second-order valence-electron chi connectivity index (χ2n) is 4.57. The van der Waals surface area contributed by atoms with Crippen molar-refractivity contribution in [2.45, 2.75) is 13.8 Å². The Morgan fingerprint density at radius 1 is 1.00 bits per heavy atom. The molecule has 1 amide bonds. The van der Waals surface area contributed by atoms with Crippen LogP contribution >= 0.6 is 12.2 Å². The highest BCUT2D eigenvalue weighted by Gasteiger charge is 2.07. The van der Waals surface area contributed by atoms with E-state index in [0.29, 0.717) is 10.7 Å². The molecule has 0 spiro atoms. The molecule has 0 atom stereocenters. The van der Waals surface area contributed by atoms with E-state index in [1.165, 1.54) is 11.1 Å². The van der Waals surface area contributed by atoms with Gasteiger partial charge < -0.3 is 5.32 Å². The van der Waals surface area contributed by atoms with Crippen LogP contribution in [-0.4, -0.2) is 11.0 Å². The molecule has 0 radical (unpaired) electrons. The zero-order valence-electron chi connectivity index (χ0n) is 11.4. The highest BCUT2D eigenvalue weighted by atomic mass is 32.1. The summed E-state index contributed by atoms with van der Waals surface area (Å²) < 4.78 is 0. The Labute approximate surface area is 124 Å². The van der Waals surface area contributed by atoms with Gasteiger partial charge in [0, 0.05) is 11.3 Å². The van der Waals surface area contributed by atoms with Crippen LogP contribution in [0.4, 0.5) is 5.69 Å². The lowest BCUT2D eigenvalue weighted by Crippen LogP contribution is -2.34. The summed E-state index contributed by atoms with van der Waals surface area (Å²) in [5, 5.41) is 5.96. The summed E-state index contributed by atoms with van der Waals surface area (Å²) in [5.41, 5.74) is 3.84. The number of amides is 1. The molecule has 0 unspecified atom stereocenters. The molecular weight excluding hydrogens is 268 g/mol. The Balaban J connectivity index is 1.99. The van der Waals surface area contributed by atoms with Gasteiger partial charge in [0.1, 0.15) is 0 Å². The Bertz CT molecular complexity index is 638. The van der Waals surface area contributed by atoms with E-state index in [1.807, 2.05) is 43.3 Å².